The van der Waals surface area contributed by atoms with Crippen molar-refractivity contribution in [2.75, 3.05) is 26.7 Å². The van der Waals surface area contributed by atoms with Gasteiger partial charge in [0.15, 0.2) is 0 Å². The van der Waals surface area contributed by atoms with Crippen molar-refractivity contribution in [3.8, 4) is 0 Å². The number of nitrogens with one attached hydrogen (secondary N) is 1. The third kappa shape index (κ3) is 8.03. The van der Waals surface area contributed by atoms with E-state index >= 15 is 0 Å². The van der Waals surface area contributed by atoms with Gasteiger partial charge < -0.3 is 10.2 Å². The second-order valence-corrected chi connectivity index (χ2v) is 7.30. The lowest BCUT2D eigenvalue weighted by atomic mass is 10.1. The van der Waals surface area contributed by atoms with E-state index in [2.05, 4.69) is 55.5 Å². The Morgan fingerprint density at radius 1 is 1.20 bits per heavy atom. The van der Waals surface area contributed by atoms with Crippen molar-refractivity contribution in [2.24, 2.45) is 5.92 Å². The van der Waals surface area contributed by atoms with E-state index < -0.39 is 0 Å². The Morgan fingerprint density at radius 2 is 2.00 bits per heavy atom. The average Bonchev–Trinajstić information content (AvgIpc) is 2.89. The van der Waals surface area contributed by atoms with Gasteiger partial charge in [-0.2, -0.15) is 0 Å². The van der Waals surface area contributed by atoms with Gasteiger partial charge in [0.1, 0.15) is 0 Å². The first kappa shape index (κ1) is 17.7. The summed E-state index contributed by atoms with van der Waals surface area (Å²) in [5.74, 6) is 0.763. The molecule has 0 fully saturated rings. The number of likely N-dealkylation sites (N-methyl/N-ethyl adjacent to an activating group) is 1. The molecule has 1 aromatic rings. The van der Waals surface area contributed by atoms with Crippen LogP contribution in [0.5, 0.6) is 0 Å². The lowest BCUT2D eigenvalue weighted by Crippen LogP contribution is -2.31. The molecule has 0 amide bonds. The lowest BCUT2D eigenvalue weighted by molar-refractivity contribution is 0.251. The molecule has 3 heteroatoms. The zero-order valence-corrected chi connectivity index (χ0v) is 14.5. The molecule has 0 spiro atoms. The number of unbranched alkanes of at least 4 members (excludes halogenated alkanes) is 2. The van der Waals surface area contributed by atoms with Crippen LogP contribution in [0.1, 0.15) is 44.9 Å². The third-order valence-corrected chi connectivity index (χ3v) is 4.64. The van der Waals surface area contributed by atoms with Crippen molar-refractivity contribution < 1.29 is 0 Å². The molecule has 0 aromatic carbocycles. The average molecular weight is 297 g/mol. The topological polar surface area (TPSA) is 15.3 Å². The zero-order chi connectivity index (χ0) is 14.8. The van der Waals surface area contributed by atoms with Gasteiger partial charge in [-0.15, -0.1) is 11.3 Å². The molecule has 1 heterocycles. The van der Waals surface area contributed by atoms with Crippen LogP contribution in [-0.2, 0) is 6.42 Å². The lowest BCUT2D eigenvalue weighted by Gasteiger charge is -2.24. The maximum absolute atomic E-state index is 3.51. The largest absolute Gasteiger partial charge is 0.316 e. The fourth-order valence-corrected chi connectivity index (χ4v) is 3.10. The van der Waals surface area contributed by atoms with Crippen LogP contribution in [-0.4, -0.2) is 37.6 Å². The highest BCUT2D eigenvalue weighted by Crippen LogP contribution is 2.13. The maximum Gasteiger partial charge on any atom is 0.0112 e. The predicted octanol–water partition coefficient (Wildman–Crippen LogP) is 4.03. The summed E-state index contributed by atoms with van der Waals surface area (Å²) < 4.78 is 0. The van der Waals surface area contributed by atoms with Crippen LogP contribution in [0.2, 0.25) is 0 Å². The van der Waals surface area contributed by atoms with E-state index in [0.29, 0.717) is 6.04 Å². The molecular weight excluding hydrogens is 264 g/mol. The van der Waals surface area contributed by atoms with E-state index in [4.69, 9.17) is 0 Å². The standard InChI is InChI=1S/C17H32N2S/c1-15(2)14-18-10-6-5-7-11-19(4)16(3)13-17-9-8-12-20-17/h8-9,12,15-16,18H,5-7,10-11,13-14H2,1-4H3. The Balaban J connectivity index is 2.00. The first-order valence-corrected chi connectivity index (χ1v) is 8.91. The summed E-state index contributed by atoms with van der Waals surface area (Å²) in [7, 11) is 2.26. The molecule has 1 unspecified atom stereocenters. The summed E-state index contributed by atoms with van der Waals surface area (Å²) >= 11 is 1.87. The van der Waals surface area contributed by atoms with E-state index in [-0.39, 0.29) is 0 Å². The van der Waals surface area contributed by atoms with Crippen molar-refractivity contribution >= 4 is 11.3 Å². The fourth-order valence-electron chi connectivity index (χ4n) is 2.27. The highest BCUT2D eigenvalue weighted by atomic mass is 32.1. The summed E-state index contributed by atoms with van der Waals surface area (Å²) in [6.07, 6.45) is 5.14. The molecule has 0 bridgehead atoms. The number of hydrogen-bond donors (Lipinski definition) is 1. The highest BCUT2D eigenvalue weighted by Gasteiger charge is 2.09. The van der Waals surface area contributed by atoms with Gasteiger partial charge in [0.2, 0.25) is 0 Å². The van der Waals surface area contributed by atoms with Crippen LogP contribution in [0.15, 0.2) is 17.5 Å². The molecule has 1 aromatic heterocycles. The number of hydrogen-bond acceptors (Lipinski definition) is 3. The minimum absolute atomic E-state index is 0.646. The molecular formula is C17H32N2S. The Morgan fingerprint density at radius 3 is 2.65 bits per heavy atom. The SMILES string of the molecule is CC(C)CNCCCCCN(C)C(C)Cc1cccs1. The van der Waals surface area contributed by atoms with Gasteiger partial charge in [0.25, 0.3) is 0 Å². The first-order chi connectivity index (χ1) is 9.59. The van der Waals surface area contributed by atoms with Gasteiger partial charge in [-0.3, -0.25) is 0 Å². The molecule has 0 saturated carbocycles. The van der Waals surface area contributed by atoms with E-state index in [1.165, 1.54) is 43.6 Å². The second-order valence-electron chi connectivity index (χ2n) is 6.27. The Kier molecular flexibility index (Phi) is 9.16. The van der Waals surface area contributed by atoms with E-state index in [1.54, 1.807) is 0 Å². The third-order valence-electron chi connectivity index (χ3n) is 3.75. The number of rotatable bonds is 11. The monoisotopic (exact) mass is 296 g/mol. The van der Waals surface area contributed by atoms with E-state index in [1.807, 2.05) is 11.3 Å². The molecule has 1 atom stereocenters. The number of thiophene rings is 1. The van der Waals surface area contributed by atoms with Crippen molar-refractivity contribution in [1.82, 2.24) is 10.2 Å². The van der Waals surface area contributed by atoms with Crippen molar-refractivity contribution in [1.29, 1.82) is 0 Å². The van der Waals surface area contributed by atoms with Crippen LogP contribution in [0.3, 0.4) is 0 Å². The van der Waals surface area contributed by atoms with E-state index in [0.717, 1.165) is 12.5 Å². The molecule has 0 saturated heterocycles. The summed E-state index contributed by atoms with van der Waals surface area (Å²) in [5, 5.41) is 5.69. The van der Waals surface area contributed by atoms with Gasteiger partial charge in [0, 0.05) is 10.9 Å². The Hall–Kier alpha value is -0.380. The van der Waals surface area contributed by atoms with Crippen molar-refractivity contribution in [3.63, 3.8) is 0 Å². The van der Waals surface area contributed by atoms with Gasteiger partial charge in [0.05, 0.1) is 0 Å². The predicted molar refractivity (Wildman–Crippen MR) is 91.7 cm³/mol. The Bertz CT molecular complexity index is 322. The summed E-state index contributed by atoms with van der Waals surface area (Å²) in [6, 6.07) is 5.04. The molecule has 0 aliphatic carbocycles. The summed E-state index contributed by atoms with van der Waals surface area (Å²) in [5.41, 5.74) is 0. The van der Waals surface area contributed by atoms with Gasteiger partial charge in [-0.05, 0) is 70.2 Å². The quantitative estimate of drug-likeness (QED) is 0.620. The van der Waals surface area contributed by atoms with Crippen molar-refractivity contribution in [2.45, 2.75) is 52.5 Å². The molecule has 1 rings (SSSR count). The number of nitrogens with zero attached hydrogens (tertiary/aromatic N) is 1. The smallest absolute Gasteiger partial charge is 0.0112 e. The Labute approximate surface area is 129 Å². The zero-order valence-electron chi connectivity index (χ0n) is 13.7. The molecule has 0 aliphatic heterocycles. The summed E-state index contributed by atoms with van der Waals surface area (Å²) in [6.45, 7) is 10.4. The van der Waals surface area contributed by atoms with E-state index in [9.17, 15) is 0 Å². The normalized spacial score (nSPS) is 13.3. The van der Waals surface area contributed by atoms with Gasteiger partial charge in [-0.25, -0.2) is 0 Å². The van der Waals surface area contributed by atoms with Crippen molar-refractivity contribution in [3.05, 3.63) is 22.4 Å². The minimum atomic E-state index is 0.646. The summed E-state index contributed by atoms with van der Waals surface area (Å²) in [4.78, 5) is 4.00. The fraction of sp³-hybridized carbons (Fsp3) is 0.765. The minimum Gasteiger partial charge on any atom is -0.316 e. The molecule has 116 valence electrons. The van der Waals surface area contributed by atoms with Gasteiger partial charge >= 0.3 is 0 Å². The first-order valence-electron chi connectivity index (χ1n) is 8.03. The van der Waals surface area contributed by atoms with Crippen LogP contribution in [0.4, 0.5) is 0 Å². The second kappa shape index (κ2) is 10.4. The molecule has 0 radical (unpaired) electrons. The molecule has 0 aliphatic rings. The highest BCUT2D eigenvalue weighted by molar-refractivity contribution is 7.09. The van der Waals surface area contributed by atoms with Crippen LogP contribution in [0, 0.1) is 5.92 Å². The maximum atomic E-state index is 3.51. The van der Waals surface area contributed by atoms with Crippen LogP contribution < -0.4 is 5.32 Å². The van der Waals surface area contributed by atoms with Gasteiger partial charge in [-0.1, -0.05) is 26.3 Å². The van der Waals surface area contributed by atoms with Crippen LogP contribution in [0.25, 0.3) is 0 Å². The molecule has 20 heavy (non-hydrogen) atoms. The molecule has 1 N–H and O–H groups in total. The van der Waals surface area contributed by atoms with Crippen LogP contribution >= 0.6 is 11.3 Å². The molecule has 2 nitrogen and oxygen atoms in total.